The summed E-state index contributed by atoms with van der Waals surface area (Å²) in [7, 11) is 5.27. The molecule has 0 spiro atoms. The van der Waals surface area contributed by atoms with E-state index in [-0.39, 0.29) is 36.5 Å². The van der Waals surface area contributed by atoms with Crippen LogP contribution in [0.25, 0.3) is 0 Å². The predicted octanol–water partition coefficient (Wildman–Crippen LogP) is 3.29. The number of aryl methyl sites for hydroxylation is 1. The van der Waals surface area contributed by atoms with Gasteiger partial charge in [-0.3, -0.25) is 9.79 Å². The summed E-state index contributed by atoms with van der Waals surface area (Å²) in [6, 6.07) is 14.3. The Morgan fingerprint density at radius 3 is 2.45 bits per heavy atom. The summed E-state index contributed by atoms with van der Waals surface area (Å²) in [6.45, 7) is 8.82. The van der Waals surface area contributed by atoms with Gasteiger partial charge in [-0.2, -0.15) is 0 Å². The van der Waals surface area contributed by atoms with Crippen LogP contribution in [-0.4, -0.2) is 75.6 Å². The zero-order chi connectivity index (χ0) is 23.1. The molecule has 0 atom stereocenters. The van der Waals surface area contributed by atoms with Gasteiger partial charge in [0.25, 0.3) is 5.91 Å². The second-order valence-electron chi connectivity index (χ2n) is 8.32. The van der Waals surface area contributed by atoms with Gasteiger partial charge in [0.15, 0.2) is 12.6 Å². The van der Waals surface area contributed by atoms with Gasteiger partial charge in [-0.05, 0) is 48.7 Å². The fourth-order valence-corrected chi connectivity index (χ4v) is 3.77. The molecule has 0 unspecified atom stereocenters. The Balaban J connectivity index is 0.00000385. The van der Waals surface area contributed by atoms with Crippen molar-refractivity contribution in [2.24, 2.45) is 4.99 Å². The number of amides is 1. The number of nitrogens with one attached hydrogen (secondary N) is 1. The average Bonchev–Trinajstić information content (AvgIpc) is 2.80. The molecule has 1 aliphatic rings. The van der Waals surface area contributed by atoms with Gasteiger partial charge in [0, 0.05) is 59.6 Å². The summed E-state index contributed by atoms with van der Waals surface area (Å²) < 4.78 is 5.63. The number of benzene rings is 2. The highest BCUT2D eigenvalue weighted by atomic mass is 127. The van der Waals surface area contributed by atoms with Crippen molar-refractivity contribution in [3.63, 3.8) is 0 Å². The first-order chi connectivity index (χ1) is 15.4. The first-order valence-corrected chi connectivity index (χ1v) is 11.1. The maximum Gasteiger partial charge on any atom is 0.259 e. The van der Waals surface area contributed by atoms with Crippen molar-refractivity contribution < 1.29 is 9.53 Å². The Morgan fingerprint density at radius 2 is 1.79 bits per heavy atom. The molecule has 0 aliphatic carbocycles. The molecule has 33 heavy (non-hydrogen) atoms. The number of hydrogen-bond acceptors (Lipinski definition) is 4. The number of guanidine groups is 1. The van der Waals surface area contributed by atoms with Crippen molar-refractivity contribution in [2.45, 2.75) is 20.4 Å². The summed E-state index contributed by atoms with van der Waals surface area (Å²) in [4.78, 5) is 22.5. The van der Waals surface area contributed by atoms with Crippen molar-refractivity contribution in [3.8, 4) is 5.75 Å². The van der Waals surface area contributed by atoms with Gasteiger partial charge >= 0.3 is 0 Å². The van der Waals surface area contributed by atoms with Crippen LogP contribution in [0, 0.1) is 13.8 Å². The van der Waals surface area contributed by atoms with E-state index < -0.39 is 0 Å². The first kappa shape index (κ1) is 26.8. The Labute approximate surface area is 214 Å². The van der Waals surface area contributed by atoms with E-state index >= 15 is 0 Å². The van der Waals surface area contributed by atoms with E-state index in [4.69, 9.17) is 4.74 Å². The molecule has 0 radical (unpaired) electrons. The highest BCUT2D eigenvalue weighted by Crippen LogP contribution is 2.24. The van der Waals surface area contributed by atoms with Crippen LogP contribution < -0.4 is 15.0 Å². The normalized spacial score (nSPS) is 13.9. The van der Waals surface area contributed by atoms with Gasteiger partial charge in [0.1, 0.15) is 5.75 Å². The quantitative estimate of drug-likeness (QED) is 0.331. The number of aliphatic imine (C=N–C) groups is 1. The fourth-order valence-electron chi connectivity index (χ4n) is 3.77. The van der Waals surface area contributed by atoms with Gasteiger partial charge < -0.3 is 24.8 Å². The molecule has 0 bridgehead atoms. The third kappa shape index (κ3) is 7.25. The molecule has 3 rings (SSSR count). The lowest BCUT2D eigenvalue weighted by atomic mass is 10.1. The predicted molar refractivity (Wildman–Crippen MR) is 146 cm³/mol. The standard InChI is InChI=1S/C25H35N5O2.HI/c1-19-8-6-11-23(20(19)2)29-12-14-30(15-13-29)25(26-3)27-17-21-9-7-10-22(16-21)32-18-24(31)28(4)5;/h6-11,16H,12-15,17-18H2,1-5H3,(H,26,27);1H. The largest absolute Gasteiger partial charge is 0.484 e. The number of nitrogens with zero attached hydrogens (tertiary/aromatic N) is 4. The zero-order valence-electron chi connectivity index (χ0n) is 20.3. The maximum absolute atomic E-state index is 11.7. The first-order valence-electron chi connectivity index (χ1n) is 11.1. The third-order valence-electron chi connectivity index (χ3n) is 5.92. The maximum atomic E-state index is 11.7. The number of hydrogen-bond donors (Lipinski definition) is 1. The topological polar surface area (TPSA) is 60.4 Å². The van der Waals surface area contributed by atoms with Gasteiger partial charge in [0.05, 0.1) is 0 Å². The number of anilines is 1. The van der Waals surface area contributed by atoms with Crippen LogP contribution in [0.3, 0.4) is 0 Å². The third-order valence-corrected chi connectivity index (χ3v) is 5.92. The number of likely N-dealkylation sites (N-methyl/N-ethyl adjacent to an activating group) is 1. The molecule has 2 aromatic rings. The molecule has 1 heterocycles. The summed E-state index contributed by atoms with van der Waals surface area (Å²) in [5.41, 5.74) is 5.10. The van der Waals surface area contributed by atoms with Crippen LogP contribution in [0.1, 0.15) is 16.7 Å². The van der Waals surface area contributed by atoms with Gasteiger partial charge in [0.2, 0.25) is 0 Å². The number of rotatable bonds is 6. The number of carbonyl (C=O) groups is 1. The summed E-state index contributed by atoms with van der Waals surface area (Å²) >= 11 is 0. The second-order valence-corrected chi connectivity index (χ2v) is 8.32. The Hall–Kier alpha value is -2.49. The second kappa shape index (κ2) is 12.7. The van der Waals surface area contributed by atoms with Gasteiger partial charge in [-0.1, -0.05) is 24.3 Å². The van der Waals surface area contributed by atoms with Crippen LogP contribution >= 0.6 is 24.0 Å². The summed E-state index contributed by atoms with van der Waals surface area (Å²) in [5, 5.41) is 3.47. The van der Waals surface area contributed by atoms with Crippen LogP contribution in [-0.2, 0) is 11.3 Å². The zero-order valence-corrected chi connectivity index (χ0v) is 22.6. The van der Waals surface area contributed by atoms with Crippen molar-refractivity contribution >= 4 is 41.5 Å². The smallest absolute Gasteiger partial charge is 0.259 e. The molecule has 1 N–H and O–H groups in total. The van der Waals surface area contributed by atoms with E-state index in [0.29, 0.717) is 12.3 Å². The fraction of sp³-hybridized carbons (Fsp3) is 0.440. The lowest BCUT2D eigenvalue weighted by Crippen LogP contribution is -2.52. The minimum atomic E-state index is -0.0612. The monoisotopic (exact) mass is 565 g/mol. The molecule has 0 saturated carbocycles. The Bertz CT molecular complexity index is 956. The van der Waals surface area contributed by atoms with E-state index in [1.807, 2.05) is 31.3 Å². The van der Waals surface area contributed by atoms with Crippen molar-refractivity contribution in [1.82, 2.24) is 15.1 Å². The average molecular weight is 566 g/mol. The SMILES string of the molecule is CN=C(NCc1cccc(OCC(=O)N(C)C)c1)N1CCN(c2cccc(C)c2C)CC1.I. The molecular weight excluding hydrogens is 529 g/mol. The number of carbonyl (C=O) groups excluding carboxylic acids is 1. The molecule has 1 aliphatic heterocycles. The molecule has 7 nitrogen and oxygen atoms in total. The van der Waals surface area contributed by atoms with Crippen LogP contribution in [0.4, 0.5) is 5.69 Å². The van der Waals surface area contributed by atoms with Crippen molar-refractivity contribution in [3.05, 3.63) is 59.2 Å². The van der Waals surface area contributed by atoms with E-state index in [0.717, 1.165) is 37.7 Å². The highest BCUT2D eigenvalue weighted by molar-refractivity contribution is 14.0. The van der Waals surface area contributed by atoms with E-state index in [1.54, 1.807) is 14.1 Å². The van der Waals surface area contributed by atoms with E-state index in [1.165, 1.54) is 21.7 Å². The molecule has 1 amide bonds. The number of halogens is 1. The summed E-state index contributed by atoms with van der Waals surface area (Å²) in [5.74, 6) is 1.53. The molecule has 1 fully saturated rings. The van der Waals surface area contributed by atoms with Gasteiger partial charge in [-0.15, -0.1) is 24.0 Å². The molecule has 1 saturated heterocycles. The van der Waals surface area contributed by atoms with E-state index in [2.05, 4.69) is 52.2 Å². The minimum Gasteiger partial charge on any atom is -0.484 e. The lowest BCUT2D eigenvalue weighted by Gasteiger charge is -2.38. The molecule has 2 aromatic carbocycles. The van der Waals surface area contributed by atoms with Crippen LogP contribution in [0.2, 0.25) is 0 Å². The summed E-state index contributed by atoms with van der Waals surface area (Å²) in [6.07, 6.45) is 0. The minimum absolute atomic E-state index is 0. The number of ether oxygens (including phenoxy) is 1. The highest BCUT2D eigenvalue weighted by Gasteiger charge is 2.21. The van der Waals surface area contributed by atoms with Gasteiger partial charge in [-0.25, -0.2) is 0 Å². The van der Waals surface area contributed by atoms with Crippen LogP contribution in [0.5, 0.6) is 5.75 Å². The molecule has 180 valence electrons. The molecular formula is C25H36IN5O2. The Kier molecular flexibility index (Phi) is 10.3. The molecule has 0 aromatic heterocycles. The lowest BCUT2D eigenvalue weighted by molar-refractivity contribution is -0.130. The molecule has 8 heteroatoms. The van der Waals surface area contributed by atoms with Crippen LogP contribution in [0.15, 0.2) is 47.5 Å². The van der Waals surface area contributed by atoms with Crippen molar-refractivity contribution in [1.29, 1.82) is 0 Å². The Morgan fingerprint density at radius 1 is 1.09 bits per heavy atom. The van der Waals surface area contributed by atoms with E-state index in [9.17, 15) is 4.79 Å². The van der Waals surface area contributed by atoms with Crippen molar-refractivity contribution in [2.75, 3.05) is 58.8 Å². The number of piperazine rings is 1.